The number of carbonyl (C=O) groups excluding carboxylic acids is 5. The Morgan fingerprint density at radius 3 is 2.57 bits per heavy atom. The number of hydrogen-bond acceptors (Lipinski definition) is 8. The molecule has 0 unspecified atom stereocenters. The Labute approximate surface area is 176 Å². The summed E-state index contributed by atoms with van der Waals surface area (Å²) >= 11 is 1.31. The van der Waals surface area contributed by atoms with Crippen LogP contribution in [0.4, 0.5) is 9.80 Å². The largest absolute Gasteiger partial charge is 0.462 e. The topological polar surface area (TPSA) is 131 Å². The van der Waals surface area contributed by atoms with Crippen LogP contribution in [-0.4, -0.2) is 60.0 Å². The maximum absolute atomic E-state index is 12.3. The van der Waals surface area contributed by atoms with Crippen LogP contribution in [0.1, 0.15) is 48.0 Å². The number of thiophene rings is 1. The van der Waals surface area contributed by atoms with Gasteiger partial charge in [-0.1, -0.05) is 0 Å². The van der Waals surface area contributed by atoms with E-state index in [0.717, 1.165) is 34.6 Å². The van der Waals surface area contributed by atoms with Crippen LogP contribution in [0.15, 0.2) is 0 Å². The summed E-state index contributed by atoms with van der Waals surface area (Å²) in [7, 11) is 0. The summed E-state index contributed by atoms with van der Waals surface area (Å²) in [6.45, 7) is 3.75. The molecule has 0 radical (unpaired) electrons. The standard InChI is InChI=1S/C19H23N3O7S/c1-4-28-16(25)14-10-6-5-7-11(10)30-15(14)20-12(23)9-29-13(24)8-22-17(26)19(2,3)21-18(22)27/h4-9H2,1-3H3,(H,20,23)(H,21,27). The summed E-state index contributed by atoms with van der Waals surface area (Å²) in [4.78, 5) is 62.2. The van der Waals surface area contributed by atoms with Crippen LogP contribution in [0.2, 0.25) is 0 Å². The molecule has 0 saturated carbocycles. The van der Waals surface area contributed by atoms with Gasteiger partial charge >= 0.3 is 18.0 Å². The van der Waals surface area contributed by atoms with Crippen LogP contribution < -0.4 is 10.6 Å². The molecule has 0 atom stereocenters. The lowest BCUT2D eigenvalue weighted by Crippen LogP contribution is -2.41. The molecule has 11 heteroatoms. The monoisotopic (exact) mass is 437 g/mol. The van der Waals surface area contributed by atoms with Crippen LogP contribution in [0.25, 0.3) is 0 Å². The van der Waals surface area contributed by atoms with Gasteiger partial charge in [0.1, 0.15) is 17.1 Å². The average Bonchev–Trinajstić information content (AvgIpc) is 3.28. The summed E-state index contributed by atoms with van der Waals surface area (Å²) in [6.07, 6.45) is 2.52. The van der Waals surface area contributed by atoms with Gasteiger partial charge in [-0.3, -0.25) is 19.3 Å². The van der Waals surface area contributed by atoms with Gasteiger partial charge in [-0.2, -0.15) is 0 Å². The highest BCUT2D eigenvalue weighted by Crippen LogP contribution is 2.39. The molecule has 0 aromatic carbocycles. The number of ether oxygens (including phenoxy) is 2. The lowest BCUT2D eigenvalue weighted by molar-refractivity contribution is -0.150. The number of aryl methyl sites for hydroxylation is 1. The predicted octanol–water partition coefficient (Wildman–Crippen LogP) is 1.23. The van der Waals surface area contributed by atoms with Gasteiger partial charge in [0.05, 0.1) is 12.2 Å². The Balaban J connectivity index is 1.58. The van der Waals surface area contributed by atoms with E-state index in [9.17, 15) is 24.0 Å². The third kappa shape index (κ3) is 4.30. The predicted molar refractivity (Wildman–Crippen MR) is 106 cm³/mol. The molecule has 1 fully saturated rings. The Morgan fingerprint density at radius 2 is 1.93 bits per heavy atom. The van der Waals surface area contributed by atoms with E-state index in [1.54, 1.807) is 6.92 Å². The lowest BCUT2D eigenvalue weighted by atomic mass is 10.1. The number of fused-ring (bicyclic) bond motifs is 1. The van der Waals surface area contributed by atoms with Crippen LogP contribution in [0.5, 0.6) is 0 Å². The van der Waals surface area contributed by atoms with Crippen molar-refractivity contribution in [3.8, 4) is 0 Å². The molecule has 1 aliphatic carbocycles. The summed E-state index contributed by atoms with van der Waals surface area (Å²) < 4.78 is 9.99. The van der Waals surface area contributed by atoms with E-state index in [2.05, 4.69) is 10.6 Å². The van der Waals surface area contributed by atoms with Crippen LogP contribution in [0.3, 0.4) is 0 Å². The third-order valence-electron chi connectivity index (χ3n) is 4.75. The highest BCUT2D eigenvalue weighted by molar-refractivity contribution is 7.17. The first kappa shape index (κ1) is 21.8. The summed E-state index contributed by atoms with van der Waals surface area (Å²) in [5.74, 6) is -2.58. The van der Waals surface area contributed by atoms with Gasteiger partial charge in [0.2, 0.25) is 0 Å². The molecule has 10 nitrogen and oxygen atoms in total. The average molecular weight is 437 g/mol. The minimum Gasteiger partial charge on any atom is -0.462 e. The number of imide groups is 1. The number of hydrogen-bond donors (Lipinski definition) is 2. The van der Waals surface area contributed by atoms with Crippen molar-refractivity contribution >= 4 is 46.1 Å². The second-order valence-corrected chi connectivity index (χ2v) is 8.54. The molecule has 1 aromatic rings. The van der Waals surface area contributed by atoms with Gasteiger partial charge < -0.3 is 20.1 Å². The van der Waals surface area contributed by atoms with Crippen LogP contribution >= 0.6 is 11.3 Å². The zero-order chi connectivity index (χ0) is 22.1. The zero-order valence-electron chi connectivity index (χ0n) is 17.0. The van der Waals surface area contributed by atoms with Crippen molar-refractivity contribution < 1.29 is 33.4 Å². The zero-order valence-corrected chi connectivity index (χ0v) is 17.8. The molecule has 1 saturated heterocycles. The summed E-state index contributed by atoms with van der Waals surface area (Å²) in [5, 5.41) is 5.42. The SMILES string of the molecule is CCOC(=O)c1c(NC(=O)COC(=O)CN2C(=O)NC(C)(C)C2=O)sc2c1CCC2. The Kier molecular flexibility index (Phi) is 6.11. The molecule has 162 valence electrons. The molecule has 30 heavy (non-hydrogen) atoms. The van der Waals surface area contributed by atoms with Crippen molar-refractivity contribution in [1.82, 2.24) is 10.2 Å². The number of nitrogens with zero attached hydrogens (tertiary/aromatic N) is 1. The summed E-state index contributed by atoms with van der Waals surface area (Å²) in [6, 6.07) is -0.696. The number of esters is 2. The molecule has 2 aliphatic rings. The van der Waals surface area contributed by atoms with Crippen molar-refractivity contribution in [1.29, 1.82) is 0 Å². The number of rotatable bonds is 7. The Hall–Kier alpha value is -2.95. The molecule has 0 spiro atoms. The van der Waals surface area contributed by atoms with Crippen molar-refractivity contribution in [3.05, 3.63) is 16.0 Å². The first-order valence-electron chi connectivity index (χ1n) is 9.55. The van der Waals surface area contributed by atoms with Gasteiger partial charge in [-0.25, -0.2) is 9.59 Å². The van der Waals surface area contributed by atoms with Crippen LogP contribution in [-0.2, 0) is 36.7 Å². The molecular weight excluding hydrogens is 414 g/mol. The Bertz CT molecular complexity index is 921. The van der Waals surface area contributed by atoms with Gasteiger partial charge in [0.25, 0.3) is 11.8 Å². The van der Waals surface area contributed by atoms with E-state index in [4.69, 9.17) is 9.47 Å². The fourth-order valence-electron chi connectivity index (χ4n) is 3.36. The van der Waals surface area contributed by atoms with Crippen LogP contribution in [0, 0.1) is 0 Å². The van der Waals surface area contributed by atoms with Gasteiger partial charge in [0.15, 0.2) is 6.61 Å². The van der Waals surface area contributed by atoms with Gasteiger partial charge in [0, 0.05) is 4.88 Å². The molecule has 0 bridgehead atoms. The fraction of sp³-hybridized carbons (Fsp3) is 0.526. The van der Waals surface area contributed by atoms with Crippen molar-refractivity contribution in [2.75, 3.05) is 25.1 Å². The highest BCUT2D eigenvalue weighted by atomic mass is 32.1. The van der Waals surface area contributed by atoms with Crippen molar-refractivity contribution in [2.24, 2.45) is 0 Å². The number of anilines is 1. The molecule has 1 aromatic heterocycles. The van der Waals surface area contributed by atoms with Gasteiger partial charge in [-0.15, -0.1) is 11.3 Å². The number of nitrogens with one attached hydrogen (secondary N) is 2. The van der Waals surface area contributed by atoms with E-state index < -0.39 is 48.5 Å². The van der Waals surface area contributed by atoms with Crippen molar-refractivity contribution in [3.63, 3.8) is 0 Å². The maximum atomic E-state index is 12.3. The number of carbonyl (C=O) groups is 5. The molecule has 2 N–H and O–H groups in total. The highest BCUT2D eigenvalue weighted by Gasteiger charge is 2.45. The first-order valence-corrected chi connectivity index (χ1v) is 10.4. The second-order valence-electron chi connectivity index (χ2n) is 7.44. The second kappa shape index (κ2) is 8.42. The lowest BCUT2D eigenvalue weighted by Gasteiger charge is -2.15. The van der Waals surface area contributed by atoms with E-state index in [1.165, 1.54) is 25.2 Å². The number of urea groups is 1. The van der Waals surface area contributed by atoms with E-state index in [1.807, 2.05) is 0 Å². The maximum Gasteiger partial charge on any atom is 0.341 e. The summed E-state index contributed by atoms with van der Waals surface area (Å²) in [5.41, 5.74) is 0.153. The normalized spacial score (nSPS) is 16.8. The van der Waals surface area contributed by atoms with E-state index in [-0.39, 0.29) is 6.61 Å². The third-order valence-corrected chi connectivity index (χ3v) is 5.96. The van der Waals surface area contributed by atoms with Crippen molar-refractivity contribution in [2.45, 2.75) is 45.6 Å². The Morgan fingerprint density at radius 1 is 1.20 bits per heavy atom. The molecule has 2 heterocycles. The molecule has 3 rings (SSSR count). The minimum atomic E-state index is -1.10. The molecule has 4 amide bonds. The minimum absolute atomic E-state index is 0.216. The van der Waals surface area contributed by atoms with E-state index in [0.29, 0.717) is 10.6 Å². The van der Waals surface area contributed by atoms with Gasteiger partial charge in [-0.05, 0) is 45.6 Å². The molecule has 1 aliphatic heterocycles. The fourth-order valence-corrected chi connectivity index (χ4v) is 4.65. The van der Waals surface area contributed by atoms with E-state index >= 15 is 0 Å². The quantitative estimate of drug-likeness (QED) is 0.484. The smallest absolute Gasteiger partial charge is 0.341 e. The molecular formula is C19H23N3O7S. The first-order chi connectivity index (χ1) is 14.1. The number of amides is 4.